The minimum absolute atomic E-state index is 0.165. The number of non-ortho nitro benzene ring substituents is 1. The minimum Gasteiger partial charge on any atom is -0.318 e. The monoisotopic (exact) mass is 263 g/mol. The molecule has 0 amide bonds. The molecule has 0 aromatic heterocycles. The Hall–Kier alpha value is -1.46. The second-order valence-electron chi connectivity index (χ2n) is 5.06. The van der Waals surface area contributed by atoms with Gasteiger partial charge in [-0.05, 0) is 38.4 Å². The zero-order chi connectivity index (χ0) is 13.7. The van der Waals surface area contributed by atoms with Gasteiger partial charge in [-0.2, -0.15) is 0 Å². The first-order chi connectivity index (χ1) is 9.20. The van der Waals surface area contributed by atoms with Crippen LogP contribution in [-0.2, 0) is 6.42 Å². The quantitative estimate of drug-likeness (QED) is 0.628. The first kappa shape index (κ1) is 14.0. The summed E-state index contributed by atoms with van der Waals surface area (Å²) in [5.74, 6) is 0. The number of likely N-dealkylation sites (N-methyl/N-ethyl adjacent to an activating group) is 1. The summed E-state index contributed by atoms with van der Waals surface area (Å²) in [6.07, 6.45) is 3.49. The molecule has 1 aliphatic rings. The first-order valence-electron chi connectivity index (χ1n) is 6.82. The maximum Gasteiger partial charge on any atom is 0.269 e. The van der Waals surface area contributed by atoms with Crippen LogP contribution in [0.4, 0.5) is 5.69 Å². The van der Waals surface area contributed by atoms with Crippen LogP contribution in [0, 0.1) is 10.1 Å². The number of rotatable bonds is 6. The summed E-state index contributed by atoms with van der Waals surface area (Å²) in [5, 5.41) is 13.8. The van der Waals surface area contributed by atoms with Gasteiger partial charge in [0.25, 0.3) is 5.69 Å². The van der Waals surface area contributed by atoms with E-state index in [1.165, 1.54) is 24.9 Å². The normalized spacial score (nSPS) is 19.7. The maximum absolute atomic E-state index is 10.6. The molecule has 19 heavy (non-hydrogen) atoms. The molecule has 1 aliphatic heterocycles. The van der Waals surface area contributed by atoms with E-state index >= 15 is 0 Å². The highest BCUT2D eigenvalue weighted by molar-refractivity contribution is 5.32. The van der Waals surface area contributed by atoms with Gasteiger partial charge in [0.1, 0.15) is 0 Å². The average molecular weight is 263 g/mol. The maximum atomic E-state index is 10.6. The molecule has 0 radical (unpaired) electrons. The predicted molar refractivity (Wildman–Crippen MR) is 75.3 cm³/mol. The van der Waals surface area contributed by atoms with Crippen LogP contribution in [0.1, 0.15) is 18.4 Å². The zero-order valence-electron chi connectivity index (χ0n) is 11.3. The summed E-state index contributed by atoms with van der Waals surface area (Å²) < 4.78 is 0. The summed E-state index contributed by atoms with van der Waals surface area (Å²) in [5.41, 5.74) is 1.33. The van der Waals surface area contributed by atoms with Crippen LogP contribution in [0.15, 0.2) is 24.3 Å². The molecular formula is C14H21N3O2. The standard InChI is InChI=1S/C14H21N3O2/c1-15-11-14-3-2-9-16(14)10-8-12-4-6-13(7-5-12)17(18)19/h4-7,14-15H,2-3,8-11H2,1H3. The number of nitrogens with one attached hydrogen (secondary N) is 1. The third-order valence-corrected chi connectivity index (χ3v) is 3.77. The molecule has 2 rings (SSSR count). The molecule has 5 nitrogen and oxygen atoms in total. The molecule has 1 unspecified atom stereocenters. The molecule has 0 aliphatic carbocycles. The Morgan fingerprint density at radius 2 is 2.16 bits per heavy atom. The fourth-order valence-electron chi connectivity index (χ4n) is 2.71. The van der Waals surface area contributed by atoms with E-state index in [0.29, 0.717) is 6.04 Å². The zero-order valence-corrected chi connectivity index (χ0v) is 11.3. The van der Waals surface area contributed by atoms with Gasteiger partial charge in [-0.25, -0.2) is 0 Å². The number of nitro groups is 1. The van der Waals surface area contributed by atoms with E-state index in [1.807, 2.05) is 19.2 Å². The summed E-state index contributed by atoms with van der Waals surface area (Å²) in [6, 6.07) is 7.54. The number of likely N-dealkylation sites (tertiary alicyclic amines) is 1. The largest absolute Gasteiger partial charge is 0.318 e. The molecule has 1 aromatic carbocycles. The second-order valence-corrected chi connectivity index (χ2v) is 5.06. The molecule has 1 heterocycles. The van der Waals surface area contributed by atoms with Crippen LogP contribution < -0.4 is 5.32 Å². The van der Waals surface area contributed by atoms with E-state index in [9.17, 15) is 10.1 Å². The molecule has 1 aromatic rings. The molecule has 5 heteroatoms. The molecule has 1 fully saturated rings. The summed E-state index contributed by atoms with van der Waals surface area (Å²) in [4.78, 5) is 12.7. The van der Waals surface area contributed by atoms with Crippen LogP contribution in [-0.4, -0.2) is 42.5 Å². The Bertz CT molecular complexity index is 419. The fraction of sp³-hybridized carbons (Fsp3) is 0.571. The molecule has 0 saturated carbocycles. The van der Waals surface area contributed by atoms with Crippen molar-refractivity contribution in [1.29, 1.82) is 0 Å². The second kappa shape index (κ2) is 6.63. The smallest absolute Gasteiger partial charge is 0.269 e. The highest BCUT2D eigenvalue weighted by atomic mass is 16.6. The van der Waals surface area contributed by atoms with Crippen molar-refractivity contribution in [1.82, 2.24) is 10.2 Å². The lowest BCUT2D eigenvalue weighted by Crippen LogP contribution is -2.37. The van der Waals surface area contributed by atoms with Gasteiger partial charge in [-0.15, -0.1) is 0 Å². The van der Waals surface area contributed by atoms with Crippen LogP contribution in [0.3, 0.4) is 0 Å². The molecular weight excluding hydrogens is 242 g/mol. The van der Waals surface area contributed by atoms with E-state index in [-0.39, 0.29) is 10.6 Å². The third-order valence-electron chi connectivity index (χ3n) is 3.77. The predicted octanol–water partition coefficient (Wildman–Crippen LogP) is 1.82. The van der Waals surface area contributed by atoms with Crippen molar-refractivity contribution < 1.29 is 4.92 Å². The van der Waals surface area contributed by atoms with Crippen molar-refractivity contribution in [3.63, 3.8) is 0 Å². The third kappa shape index (κ3) is 3.75. The number of hydrogen-bond donors (Lipinski definition) is 1. The van der Waals surface area contributed by atoms with Crippen molar-refractivity contribution in [2.75, 3.05) is 26.7 Å². The molecule has 1 N–H and O–H groups in total. The van der Waals surface area contributed by atoms with Crippen molar-refractivity contribution in [2.45, 2.75) is 25.3 Å². The van der Waals surface area contributed by atoms with Crippen LogP contribution in [0.5, 0.6) is 0 Å². The van der Waals surface area contributed by atoms with Gasteiger partial charge in [0, 0.05) is 31.3 Å². The van der Waals surface area contributed by atoms with E-state index in [4.69, 9.17) is 0 Å². The Morgan fingerprint density at radius 3 is 2.79 bits per heavy atom. The summed E-state index contributed by atoms with van der Waals surface area (Å²) in [6.45, 7) is 3.24. The van der Waals surface area contributed by atoms with E-state index in [0.717, 1.165) is 19.5 Å². The Morgan fingerprint density at radius 1 is 1.42 bits per heavy atom. The highest BCUT2D eigenvalue weighted by Gasteiger charge is 2.23. The molecule has 1 atom stereocenters. The summed E-state index contributed by atoms with van der Waals surface area (Å²) in [7, 11) is 1.99. The molecule has 1 saturated heterocycles. The van der Waals surface area contributed by atoms with Crippen LogP contribution in [0.25, 0.3) is 0 Å². The lowest BCUT2D eigenvalue weighted by molar-refractivity contribution is -0.384. The van der Waals surface area contributed by atoms with Crippen molar-refractivity contribution >= 4 is 5.69 Å². The van der Waals surface area contributed by atoms with Gasteiger partial charge in [0.15, 0.2) is 0 Å². The number of nitro benzene ring substituents is 1. The molecule has 0 bridgehead atoms. The van der Waals surface area contributed by atoms with Crippen molar-refractivity contribution in [3.8, 4) is 0 Å². The number of nitrogens with zero attached hydrogens (tertiary/aromatic N) is 2. The van der Waals surface area contributed by atoms with E-state index in [2.05, 4.69) is 10.2 Å². The SMILES string of the molecule is CNCC1CCCN1CCc1ccc([N+](=O)[O-])cc1. The van der Waals surface area contributed by atoms with Gasteiger partial charge < -0.3 is 5.32 Å². The Labute approximate surface area is 113 Å². The van der Waals surface area contributed by atoms with Gasteiger partial charge in [0.05, 0.1) is 4.92 Å². The van der Waals surface area contributed by atoms with Crippen LogP contribution >= 0.6 is 0 Å². The molecule has 0 spiro atoms. The average Bonchev–Trinajstić information content (AvgIpc) is 2.85. The van der Waals surface area contributed by atoms with Gasteiger partial charge in [-0.1, -0.05) is 12.1 Å². The number of benzene rings is 1. The lowest BCUT2D eigenvalue weighted by Gasteiger charge is -2.24. The minimum atomic E-state index is -0.354. The topological polar surface area (TPSA) is 58.4 Å². The summed E-state index contributed by atoms with van der Waals surface area (Å²) >= 11 is 0. The first-order valence-corrected chi connectivity index (χ1v) is 6.82. The van der Waals surface area contributed by atoms with Gasteiger partial charge >= 0.3 is 0 Å². The van der Waals surface area contributed by atoms with Crippen LogP contribution in [0.2, 0.25) is 0 Å². The molecule has 104 valence electrons. The number of hydrogen-bond acceptors (Lipinski definition) is 4. The fourth-order valence-corrected chi connectivity index (χ4v) is 2.71. The lowest BCUT2D eigenvalue weighted by atomic mass is 10.1. The van der Waals surface area contributed by atoms with Crippen molar-refractivity contribution in [2.24, 2.45) is 0 Å². The van der Waals surface area contributed by atoms with Gasteiger partial charge in [0.2, 0.25) is 0 Å². The Balaban J connectivity index is 1.86. The van der Waals surface area contributed by atoms with Gasteiger partial charge in [-0.3, -0.25) is 15.0 Å². The van der Waals surface area contributed by atoms with E-state index < -0.39 is 0 Å². The Kier molecular flexibility index (Phi) is 4.87. The van der Waals surface area contributed by atoms with Crippen molar-refractivity contribution in [3.05, 3.63) is 39.9 Å². The highest BCUT2D eigenvalue weighted by Crippen LogP contribution is 2.18. The van der Waals surface area contributed by atoms with E-state index in [1.54, 1.807) is 12.1 Å².